The number of aliphatic hydroxyl groups excluding tert-OH is 2. The summed E-state index contributed by atoms with van der Waals surface area (Å²) < 4.78 is 0. The van der Waals surface area contributed by atoms with Crippen LogP contribution < -0.4 is 21.7 Å². The Morgan fingerprint density at radius 2 is 1.70 bits per heavy atom. The minimum Gasteiger partial charge on any atom is -0.480 e. The van der Waals surface area contributed by atoms with Crippen molar-refractivity contribution in [1.29, 1.82) is 0 Å². The zero-order valence-electron chi connectivity index (χ0n) is 16.1. The lowest BCUT2D eigenvalue weighted by atomic mass is 10.1. The zero-order chi connectivity index (χ0) is 22.8. The Kier molecular flexibility index (Phi) is 10.2. The number of carboxylic acids is 1. The number of nitrogens with two attached hydrogens (primary N) is 1. The molecule has 0 aliphatic heterocycles. The number of amides is 3. The number of nitrogens with one attached hydrogen (secondary N) is 4. The van der Waals surface area contributed by atoms with Crippen LogP contribution in [0.25, 0.3) is 0 Å². The molecule has 0 saturated carbocycles. The van der Waals surface area contributed by atoms with E-state index in [1.54, 1.807) is 0 Å². The predicted octanol–water partition coefficient (Wildman–Crippen LogP) is -3.88. The maximum Gasteiger partial charge on any atom is 0.326 e. The van der Waals surface area contributed by atoms with Gasteiger partial charge in [-0.3, -0.25) is 14.4 Å². The molecule has 0 aromatic carbocycles. The van der Waals surface area contributed by atoms with Crippen LogP contribution in [0.1, 0.15) is 12.6 Å². The molecular formula is C16H26N6O7S. The van der Waals surface area contributed by atoms with E-state index in [0.29, 0.717) is 5.69 Å². The van der Waals surface area contributed by atoms with E-state index >= 15 is 0 Å². The van der Waals surface area contributed by atoms with Crippen molar-refractivity contribution < 1.29 is 34.5 Å². The Morgan fingerprint density at radius 3 is 2.17 bits per heavy atom. The van der Waals surface area contributed by atoms with E-state index in [4.69, 9.17) is 5.73 Å². The molecule has 1 heterocycles. The second kappa shape index (κ2) is 12.1. The van der Waals surface area contributed by atoms with Crippen LogP contribution in [0.2, 0.25) is 0 Å². The number of hydrogen-bond donors (Lipinski definition) is 9. The molecular weight excluding hydrogens is 420 g/mol. The van der Waals surface area contributed by atoms with Crippen molar-refractivity contribution in [2.75, 3.05) is 12.4 Å². The number of imidazole rings is 1. The molecule has 1 rings (SSSR count). The predicted molar refractivity (Wildman–Crippen MR) is 106 cm³/mol. The average molecular weight is 446 g/mol. The first-order chi connectivity index (χ1) is 14.1. The Bertz CT molecular complexity index is 730. The van der Waals surface area contributed by atoms with Gasteiger partial charge in [-0.2, -0.15) is 12.6 Å². The molecule has 168 valence electrons. The van der Waals surface area contributed by atoms with Crippen LogP contribution in [0, 0.1) is 0 Å². The van der Waals surface area contributed by atoms with Gasteiger partial charge in [0, 0.05) is 24.1 Å². The molecule has 0 aliphatic rings. The number of nitrogens with zero attached hydrogens (tertiary/aromatic N) is 1. The smallest absolute Gasteiger partial charge is 0.326 e. The maximum atomic E-state index is 12.4. The van der Waals surface area contributed by atoms with E-state index < -0.39 is 60.6 Å². The van der Waals surface area contributed by atoms with Gasteiger partial charge in [-0.15, -0.1) is 0 Å². The number of carbonyl (C=O) groups excluding carboxylic acids is 3. The van der Waals surface area contributed by atoms with Crippen molar-refractivity contribution in [3.63, 3.8) is 0 Å². The fraction of sp³-hybridized carbons (Fsp3) is 0.562. The average Bonchev–Trinajstić information content (AvgIpc) is 3.21. The minimum atomic E-state index is -1.45. The molecule has 0 fully saturated rings. The first-order valence-corrected chi connectivity index (χ1v) is 9.50. The molecule has 3 amide bonds. The molecule has 9 N–H and O–H groups in total. The summed E-state index contributed by atoms with van der Waals surface area (Å²) in [6.45, 7) is 0.476. The van der Waals surface area contributed by atoms with E-state index in [1.165, 1.54) is 19.4 Å². The molecule has 0 radical (unpaired) electrons. The first kappa shape index (κ1) is 25.4. The third-order valence-electron chi connectivity index (χ3n) is 4.05. The van der Waals surface area contributed by atoms with Crippen LogP contribution in [0.4, 0.5) is 0 Å². The lowest BCUT2D eigenvalue weighted by Gasteiger charge is -2.23. The van der Waals surface area contributed by atoms with Crippen molar-refractivity contribution in [3.05, 3.63) is 18.2 Å². The summed E-state index contributed by atoms with van der Waals surface area (Å²) in [5, 5.41) is 34.7. The summed E-state index contributed by atoms with van der Waals surface area (Å²) >= 11 is 3.98. The number of aliphatic hydroxyl groups is 2. The van der Waals surface area contributed by atoms with Gasteiger partial charge in [0.25, 0.3) is 0 Å². The highest BCUT2D eigenvalue weighted by atomic mass is 32.1. The number of hydrogen-bond acceptors (Lipinski definition) is 9. The summed E-state index contributed by atoms with van der Waals surface area (Å²) in [5.41, 5.74) is 5.94. The van der Waals surface area contributed by atoms with Crippen LogP contribution in [-0.2, 0) is 25.6 Å². The largest absolute Gasteiger partial charge is 0.480 e. The Morgan fingerprint density at radius 1 is 1.13 bits per heavy atom. The highest BCUT2D eigenvalue weighted by molar-refractivity contribution is 7.80. The van der Waals surface area contributed by atoms with Crippen molar-refractivity contribution in [2.45, 2.75) is 43.6 Å². The molecule has 0 aliphatic carbocycles. The molecule has 0 bridgehead atoms. The number of rotatable bonds is 12. The highest BCUT2D eigenvalue weighted by Gasteiger charge is 2.30. The fourth-order valence-electron chi connectivity index (χ4n) is 2.24. The van der Waals surface area contributed by atoms with E-state index in [9.17, 15) is 34.5 Å². The monoisotopic (exact) mass is 446 g/mol. The quantitative estimate of drug-likeness (QED) is 0.143. The summed E-state index contributed by atoms with van der Waals surface area (Å²) in [5.74, 6) is -4.11. The topological polar surface area (TPSA) is 220 Å². The van der Waals surface area contributed by atoms with Crippen LogP contribution in [0.3, 0.4) is 0 Å². The third-order valence-corrected chi connectivity index (χ3v) is 4.41. The lowest BCUT2D eigenvalue weighted by Crippen LogP contribution is -2.59. The van der Waals surface area contributed by atoms with Gasteiger partial charge in [-0.05, 0) is 6.92 Å². The van der Waals surface area contributed by atoms with Crippen molar-refractivity contribution in [1.82, 2.24) is 25.9 Å². The Balaban J connectivity index is 2.74. The summed E-state index contributed by atoms with van der Waals surface area (Å²) in [6, 6.07) is -5.32. The van der Waals surface area contributed by atoms with Gasteiger partial charge < -0.3 is 42.0 Å². The molecule has 14 heteroatoms. The second-order valence-electron chi connectivity index (χ2n) is 6.43. The highest BCUT2D eigenvalue weighted by Crippen LogP contribution is 2.01. The molecule has 5 atom stereocenters. The van der Waals surface area contributed by atoms with E-state index in [2.05, 4.69) is 38.5 Å². The second-order valence-corrected chi connectivity index (χ2v) is 6.80. The normalized spacial score (nSPS) is 15.9. The van der Waals surface area contributed by atoms with Gasteiger partial charge in [0.15, 0.2) is 0 Å². The molecule has 1 aromatic rings. The number of carbonyl (C=O) groups is 4. The SMILES string of the molecule is CC(O)C(N)C(=O)NC(CO)C(=O)NC(CS)C(=O)NC(Cc1cnc[nH]1)C(=O)O. The summed E-state index contributed by atoms with van der Waals surface area (Å²) in [6.07, 6.45) is 1.51. The molecule has 5 unspecified atom stereocenters. The molecule has 0 spiro atoms. The summed E-state index contributed by atoms with van der Waals surface area (Å²) in [4.78, 5) is 54.5. The number of carboxylic acid groups (broad SMARTS) is 1. The van der Waals surface area contributed by atoms with Crippen LogP contribution in [0.15, 0.2) is 12.5 Å². The standard InChI is InChI=1S/C16H26N6O7S/c1-7(24)12(17)15(27)21-10(4-23)13(25)22-11(5-30)14(26)20-9(16(28)29)2-8-3-18-6-19-8/h3,6-7,9-12,23-24,30H,2,4-5,17H2,1H3,(H,18,19)(H,20,26)(H,21,27)(H,22,25)(H,28,29). The number of aromatic nitrogens is 2. The van der Waals surface area contributed by atoms with Gasteiger partial charge in [-0.25, -0.2) is 9.78 Å². The first-order valence-electron chi connectivity index (χ1n) is 8.87. The zero-order valence-corrected chi connectivity index (χ0v) is 17.0. The van der Waals surface area contributed by atoms with Gasteiger partial charge >= 0.3 is 5.97 Å². The van der Waals surface area contributed by atoms with Crippen LogP contribution >= 0.6 is 12.6 Å². The van der Waals surface area contributed by atoms with Gasteiger partial charge in [-0.1, -0.05) is 0 Å². The van der Waals surface area contributed by atoms with Crippen LogP contribution in [-0.4, -0.2) is 91.6 Å². The van der Waals surface area contributed by atoms with Crippen molar-refractivity contribution in [3.8, 4) is 0 Å². The third kappa shape index (κ3) is 7.62. The minimum absolute atomic E-state index is 0.0686. The fourth-order valence-corrected chi connectivity index (χ4v) is 2.49. The Hall–Kier alpha value is -2.68. The molecule has 0 saturated heterocycles. The molecule has 13 nitrogen and oxygen atoms in total. The number of H-pyrrole nitrogens is 1. The lowest BCUT2D eigenvalue weighted by molar-refractivity contribution is -0.142. The van der Waals surface area contributed by atoms with Crippen LogP contribution in [0.5, 0.6) is 0 Å². The van der Waals surface area contributed by atoms with Gasteiger partial charge in [0.1, 0.15) is 24.2 Å². The Labute approximate surface area is 177 Å². The molecule has 1 aromatic heterocycles. The van der Waals surface area contributed by atoms with Crippen molar-refractivity contribution in [2.24, 2.45) is 5.73 Å². The van der Waals surface area contributed by atoms with E-state index in [1.807, 2.05) is 0 Å². The van der Waals surface area contributed by atoms with E-state index in [0.717, 1.165) is 0 Å². The summed E-state index contributed by atoms with van der Waals surface area (Å²) in [7, 11) is 0. The molecule has 30 heavy (non-hydrogen) atoms. The number of aromatic amines is 1. The maximum absolute atomic E-state index is 12.4. The van der Waals surface area contributed by atoms with E-state index in [-0.39, 0.29) is 12.2 Å². The number of thiol groups is 1. The van der Waals surface area contributed by atoms with Gasteiger partial charge in [0.2, 0.25) is 17.7 Å². The van der Waals surface area contributed by atoms with Crippen molar-refractivity contribution >= 4 is 36.3 Å². The number of aliphatic carboxylic acids is 1. The van der Waals surface area contributed by atoms with Gasteiger partial charge in [0.05, 0.1) is 19.0 Å².